The summed E-state index contributed by atoms with van der Waals surface area (Å²) in [5.41, 5.74) is 2.03. The first-order chi connectivity index (χ1) is 12.2. The second kappa shape index (κ2) is 7.72. The van der Waals surface area contributed by atoms with Crippen molar-refractivity contribution in [2.45, 2.75) is 13.1 Å². The molecule has 1 aliphatic heterocycles. The van der Waals surface area contributed by atoms with E-state index >= 15 is 0 Å². The highest BCUT2D eigenvalue weighted by atomic mass is 35.5. The summed E-state index contributed by atoms with van der Waals surface area (Å²) in [7, 11) is 4.79. The molecular weight excluding hydrogens is 346 g/mol. The maximum absolute atomic E-state index is 6.20. The SMILES string of the molecule is COc1cc(CNCc2cc(Cl)c3c(c2)OCO3)cc(OC)c1OC. The van der Waals surface area contributed by atoms with Gasteiger partial charge in [-0.2, -0.15) is 0 Å². The molecule has 0 unspecified atom stereocenters. The van der Waals surface area contributed by atoms with E-state index in [4.69, 9.17) is 35.3 Å². The zero-order chi connectivity index (χ0) is 17.8. The summed E-state index contributed by atoms with van der Waals surface area (Å²) >= 11 is 6.20. The van der Waals surface area contributed by atoms with Crippen LogP contribution in [0, 0.1) is 0 Å². The summed E-state index contributed by atoms with van der Waals surface area (Å²) in [4.78, 5) is 0. The van der Waals surface area contributed by atoms with Gasteiger partial charge < -0.3 is 29.0 Å². The van der Waals surface area contributed by atoms with Gasteiger partial charge in [0, 0.05) is 13.1 Å². The van der Waals surface area contributed by atoms with E-state index in [9.17, 15) is 0 Å². The molecule has 25 heavy (non-hydrogen) atoms. The first-order valence-electron chi connectivity index (χ1n) is 7.74. The predicted octanol–water partition coefficient (Wildman–Crippen LogP) is 3.38. The van der Waals surface area contributed by atoms with Gasteiger partial charge in [0.05, 0.1) is 26.4 Å². The monoisotopic (exact) mass is 365 g/mol. The van der Waals surface area contributed by atoms with Gasteiger partial charge in [-0.1, -0.05) is 11.6 Å². The van der Waals surface area contributed by atoms with Gasteiger partial charge in [-0.25, -0.2) is 0 Å². The summed E-state index contributed by atoms with van der Waals surface area (Å²) < 4.78 is 26.8. The molecule has 1 aliphatic rings. The Morgan fingerprint density at radius 2 is 1.56 bits per heavy atom. The summed E-state index contributed by atoms with van der Waals surface area (Å²) in [6, 6.07) is 7.63. The highest BCUT2D eigenvalue weighted by Gasteiger charge is 2.18. The zero-order valence-electron chi connectivity index (χ0n) is 14.3. The van der Waals surface area contributed by atoms with Gasteiger partial charge in [0.25, 0.3) is 0 Å². The number of fused-ring (bicyclic) bond motifs is 1. The molecule has 6 nitrogen and oxygen atoms in total. The van der Waals surface area contributed by atoms with Gasteiger partial charge >= 0.3 is 0 Å². The van der Waals surface area contributed by atoms with Crippen molar-refractivity contribution < 1.29 is 23.7 Å². The van der Waals surface area contributed by atoms with Crippen molar-refractivity contribution >= 4 is 11.6 Å². The molecule has 0 bridgehead atoms. The van der Waals surface area contributed by atoms with Crippen molar-refractivity contribution in [2.75, 3.05) is 28.1 Å². The Morgan fingerprint density at radius 3 is 2.16 bits per heavy atom. The van der Waals surface area contributed by atoms with Crippen LogP contribution in [0.4, 0.5) is 0 Å². The van der Waals surface area contributed by atoms with E-state index in [2.05, 4.69) is 5.32 Å². The largest absolute Gasteiger partial charge is 0.493 e. The summed E-state index contributed by atoms with van der Waals surface area (Å²) in [6.07, 6.45) is 0. The Hall–Kier alpha value is -2.31. The Labute approximate surface area is 151 Å². The lowest BCUT2D eigenvalue weighted by Crippen LogP contribution is -2.13. The maximum atomic E-state index is 6.20. The number of benzene rings is 2. The number of halogens is 1. The van der Waals surface area contributed by atoms with Crippen LogP contribution in [0.2, 0.25) is 5.02 Å². The molecule has 1 N–H and O–H groups in total. The lowest BCUT2D eigenvalue weighted by molar-refractivity contribution is 0.174. The van der Waals surface area contributed by atoms with E-state index in [0.717, 1.165) is 11.1 Å². The van der Waals surface area contributed by atoms with Crippen LogP contribution in [0.5, 0.6) is 28.7 Å². The van der Waals surface area contributed by atoms with Crippen molar-refractivity contribution in [3.05, 3.63) is 40.4 Å². The molecule has 1 heterocycles. The van der Waals surface area contributed by atoms with E-state index in [0.29, 0.717) is 46.9 Å². The lowest BCUT2D eigenvalue weighted by Gasteiger charge is -2.14. The highest BCUT2D eigenvalue weighted by molar-refractivity contribution is 6.32. The fourth-order valence-electron chi connectivity index (χ4n) is 2.71. The van der Waals surface area contributed by atoms with Crippen molar-refractivity contribution in [2.24, 2.45) is 0 Å². The van der Waals surface area contributed by atoms with Crippen LogP contribution < -0.4 is 29.0 Å². The fourth-order valence-corrected chi connectivity index (χ4v) is 3.00. The van der Waals surface area contributed by atoms with E-state index in [1.54, 1.807) is 21.3 Å². The number of rotatable bonds is 7. The molecule has 0 radical (unpaired) electrons. The Bertz CT molecular complexity index is 740. The zero-order valence-corrected chi connectivity index (χ0v) is 15.1. The van der Waals surface area contributed by atoms with Crippen molar-refractivity contribution in [3.63, 3.8) is 0 Å². The molecule has 2 aromatic carbocycles. The number of methoxy groups -OCH3 is 3. The van der Waals surface area contributed by atoms with E-state index in [-0.39, 0.29) is 6.79 Å². The molecule has 0 amide bonds. The van der Waals surface area contributed by atoms with Crippen LogP contribution in [0.3, 0.4) is 0 Å². The number of nitrogens with one attached hydrogen (secondary N) is 1. The molecule has 0 aromatic heterocycles. The minimum absolute atomic E-state index is 0.206. The minimum Gasteiger partial charge on any atom is -0.493 e. The Kier molecular flexibility index (Phi) is 5.40. The molecule has 3 rings (SSSR count). The van der Waals surface area contributed by atoms with Gasteiger partial charge in [-0.3, -0.25) is 0 Å². The number of hydrogen-bond donors (Lipinski definition) is 1. The first-order valence-corrected chi connectivity index (χ1v) is 8.11. The van der Waals surface area contributed by atoms with Crippen LogP contribution in [-0.2, 0) is 13.1 Å². The van der Waals surface area contributed by atoms with E-state index < -0.39 is 0 Å². The van der Waals surface area contributed by atoms with Crippen LogP contribution in [0.1, 0.15) is 11.1 Å². The minimum atomic E-state index is 0.206. The summed E-state index contributed by atoms with van der Waals surface area (Å²) in [5, 5.41) is 3.92. The molecule has 0 saturated carbocycles. The Balaban J connectivity index is 1.69. The topological polar surface area (TPSA) is 58.2 Å². The van der Waals surface area contributed by atoms with Gasteiger partial charge in [0.1, 0.15) is 0 Å². The quantitative estimate of drug-likeness (QED) is 0.811. The number of ether oxygens (including phenoxy) is 5. The van der Waals surface area contributed by atoms with Crippen molar-refractivity contribution in [3.8, 4) is 28.7 Å². The first kappa shape index (κ1) is 17.5. The van der Waals surface area contributed by atoms with E-state index in [1.807, 2.05) is 24.3 Å². The fraction of sp³-hybridized carbons (Fsp3) is 0.333. The van der Waals surface area contributed by atoms with Crippen molar-refractivity contribution in [1.29, 1.82) is 0 Å². The molecule has 7 heteroatoms. The lowest BCUT2D eigenvalue weighted by atomic mass is 10.1. The van der Waals surface area contributed by atoms with Crippen LogP contribution in [0.25, 0.3) is 0 Å². The third kappa shape index (κ3) is 3.70. The molecule has 0 saturated heterocycles. The summed E-state index contributed by atoms with van der Waals surface area (Å²) in [6.45, 7) is 1.47. The highest BCUT2D eigenvalue weighted by Crippen LogP contribution is 2.40. The van der Waals surface area contributed by atoms with Crippen LogP contribution in [-0.4, -0.2) is 28.1 Å². The standard InChI is InChI=1S/C18H20ClNO5/c1-21-14-5-12(6-15(22-2)18(14)23-3)9-20-8-11-4-13(19)17-16(7-11)24-10-25-17/h4-7,20H,8-10H2,1-3H3. The molecular formula is C18H20ClNO5. The van der Waals surface area contributed by atoms with Crippen molar-refractivity contribution in [1.82, 2.24) is 5.32 Å². The molecule has 2 aromatic rings. The normalized spacial score (nSPS) is 12.2. The second-order valence-electron chi connectivity index (χ2n) is 5.45. The maximum Gasteiger partial charge on any atom is 0.231 e. The molecule has 0 atom stereocenters. The van der Waals surface area contributed by atoms with Gasteiger partial charge in [0.15, 0.2) is 23.0 Å². The average Bonchev–Trinajstić information content (AvgIpc) is 3.10. The van der Waals surface area contributed by atoms with Gasteiger partial charge in [0.2, 0.25) is 12.5 Å². The smallest absolute Gasteiger partial charge is 0.231 e. The van der Waals surface area contributed by atoms with Crippen LogP contribution in [0.15, 0.2) is 24.3 Å². The third-order valence-electron chi connectivity index (χ3n) is 3.87. The predicted molar refractivity (Wildman–Crippen MR) is 94.2 cm³/mol. The van der Waals surface area contributed by atoms with Gasteiger partial charge in [-0.15, -0.1) is 0 Å². The van der Waals surface area contributed by atoms with Gasteiger partial charge in [-0.05, 0) is 35.4 Å². The summed E-state index contributed by atoms with van der Waals surface area (Å²) in [5.74, 6) is 3.12. The molecule has 134 valence electrons. The molecule has 0 fully saturated rings. The Morgan fingerprint density at radius 1 is 0.920 bits per heavy atom. The average molecular weight is 366 g/mol. The van der Waals surface area contributed by atoms with Crippen LogP contribution >= 0.6 is 11.6 Å². The molecule has 0 aliphatic carbocycles. The molecule has 0 spiro atoms. The van der Waals surface area contributed by atoms with E-state index in [1.165, 1.54) is 0 Å². The third-order valence-corrected chi connectivity index (χ3v) is 4.15. The number of hydrogen-bond acceptors (Lipinski definition) is 6. The second-order valence-corrected chi connectivity index (χ2v) is 5.86.